The summed E-state index contributed by atoms with van der Waals surface area (Å²) in [7, 11) is 1.57. The van der Waals surface area contributed by atoms with Gasteiger partial charge >= 0.3 is 0 Å². The van der Waals surface area contributed by atoms with Crippen LogP contribution in [0, 0.1) is 6.92 Å². The van der Waals surface area contributed by atoms with Crippen molar-refractivity contribution in [3.05, 3.63) is 46.1 Å². The number of ether oxygens (including phenoxy) is 1. The summed E-state index contributed by atoms with van der Waals surface area (Å²) in [5, 5.41) is 2.75. The van der Waals surface area contributed by atoms with E-state index in [0.717, 1.165) is 10.0 Å². The summed E-state index contributed by atoms with van der Waals surface area (Å²) in [5.74, 6) is 0.924. The van der Waals surface area contributed by atoms with Crippen LogP contribution in [0.2, 0.25) is 0 Å². The van der Waals surface area contributed by atoms with Gasteiger partial charge in [0.05, 0.1) is 23.5 Å². The molecule has 0 unspecified atom stereocenters. The van der Waals surface area contributed by atoms with Crippen molar-refractivity contribution in [2.45, 2.75) is 6.92 Å². The Morgan fingerprint density at radius 1 is 1.40 bits per heavy atom. The number of pyridine rings is 1. The summed E-state index contributed by atoms with van der Waals surface area (Å²) in [6, 6.07) is 6.86. The first-order valence-corrected chi connectivity index (χ1v) is 6.67. The number of hydrogen-bond acceptors (Lipinski definition) is 4. The molecule has 20 heavy (non-hydrogen) atoms. The maximum atomic E-state index is 12.2. The molecule has 3 N–H and O–H groups in total. The molecule has 104 valence electrons. The first-order chi connectivity index (χ1) is 9.51. The Morgan fingerprint density at radius 3 is 2.75 bits per heavy atom. The van der Waals surface area contributed by atoms with E-state index in [4.69, 9.17) is 10.5 Å². The number of nitrogens with one attached hydrogen (secondary N) is 1. The Labute approximate surface area is 125 Å². The van der Waals surface area contributed by atoms with Crippen molar-refractivity contribution >= 4 is 33.3 Å². The number of carbonyl (C=O) groups excluding carboxylic acids is 1. The number of halogens is 1. The van der Waals surface area contributed by atoms with Crippen molar-refractivity contribution in [3.63, 3.8) is 0 Å². The van der Waals surface area contributed by atoms with E-state index >= 15 is 0 Å². The topological polar surface area (TPSA) is 77.2 Å². The molecular weight excluding hydrogens is 322 g/mol. The molecule has 0 aliphatic rings. The molecule has 1 amide bonds. The second-order valence-electron chi connectivity index (χ2n) is 4.24. The number of carbonyl (C=O) groups is 1. The largest absolute Gasteiger partial charge is 0.496 e. The third-order valence-electron chi connectivity index (χ3n) is 2.75. The van der Waals surface area contributed by atoms with Crippen LogP contribution in [0.4, 0.5) is 11.5 Å². The molecule has 0 aliphatic carbocycles. The molecule has 0 fully saturated rings. The molecule has 0 atom stereocenters. The van der Waals surface area contributed by atoms with Gasteiger partial charge in [-0.3, -0.25) is 4.79 Å². The lowest BCUT2D eigenvalue weighted by atomic mass is 10.2. The normalized spacial score (nSPS) is 10.2. The van der Waals surface area contributed by atoms with Gasteiger partial charge < -0.3 is 15.8 Å². The first-order valence-electron chi connectivity index (χ1n) is 5.88. The summed E-state index contributed by atoms with van der Waals surface area (Å²) in [5.41, 5.74) is 7.51. The fraction of sp³-hybridized carbons (Fsp3) is 0.143. The molecule has 2 rings (SSSR count). The predicted molar refractivity (Wildman–Crippen MR) is 82.0 cm³/mol. The Bertz CT molecular complexity index is 659. The van der Waals surface area contributed by atoms with Crippen molar-refractivity contribution in [3.8, 4) is 5.75 Å². The quantitative estimate of drug-likeness (QED) is 0.903. The van der Waals surface area contributed by atoms with Crippen LogP contribution in [0.3, 0.4) is 0 Å². The van der Waals surface area contributed by atoms with Gasteiger partial charge in [-0.15, -0.1) is 0 Å². The average molecular weight is 336 g/mol. The monoisotopic (exact) mass is 335 g/mol. The number of aryl methyl sites for hydroxylation is 1. The van der Waals surface area contributed by atoms with Gasteiger partial charge in [-0.2, -0.15) is 0 Å². The summed E-state index contributed by atoms with van der Waals surface area (Å²) >= 11 is 3.35. The Hall–Kier alpha value is -2.08. The van der Waals surface area contributed by atoms with Gasteiger partial charge in [0, 0.05) is 5.56 Å². The zero-order valence-corrected chi connectivity index (χ0v) is 12.7. The number of nitrogens with two attached hydrogens (primary N) is 1. The van der Waals surface area contributed by atoms with Crippen molar-refractivity contribution < 1.29 is 9.53 Å². The maximum Gasteiger partial charge on any atom is 0.256 e. The molecule has 0 aliphatic heterocycles. The molecule has 6 heteroatoms. The lowest BCUT2D eigenvalue weighted by Crippen LogP contribution is -2.14. The van der Waals surface area contributed by atoms with Crippen LogP contribution in [0.15, 0.2) is 34.9 Å². The number of nitrogen functional groups attached to an aromatic ring is 1. The predicted octanol–water partition coefficient (Wildman–Crippen LogP) is 3.00. The van der Waals surface area contributed by atoms with E-state index in [2.05, 4.69) is 26.2 Å². The molecule has 1 aromatic carbocycles. The lowest BCUT2D eigenvalue weighted by molar-refractivity contribution is 0.102. The van der Waals surface area contributed by atoms with Gasteiger partial charge in [-0.1, -0.05) is 0 Å². The van der Waals surface area contributed by atoms with Gasteiger partial charge in [0.1, 0.15) is 11.6 Å². The summed E-state index contributed by atoms with van der Waals surface area (Å²) in [6.07, 6.45) is 1.51. The van der Waals surface area contributed by atoms with Crippen molar-refractivity contribution in [1.82, 2.24) is 4.98 Å². The molecule has 0 spiro atoms. The third kappa shape index (κ3) is 3.08. The average Bonchev–Trinajstić information content (AvgIpc) is 2.41. The molecule has 0 bridgehead atoms. The fourth-order valence-electron chi connectivity index (χ4n) is 1.71. The number of rotatable bonds is 3. The van der Waals surface area contributed by atoms with Gasteiger partial charge in [-0.05, 0) is 52.7 Å². The smallest absolute Gasteiger partial charge is 0.256 e. The van der Waals surface area contributed by atoms with Gasteiger partial charge in [0.25, 0.3) is 5.91 Å². The molecule has 0 radical (unpaired) electrons. The van der Waals surface area contributed by atoms with Gasteiger partial charge in [-0.25, -0.2) is 4.98 Å². The second-order valence-corrected chi connectivity index (χ2v) is 5.09. The fourth-order valence-corrected chi connectivity index (χ4v) is 2.26. The van der Waals surface area contributed by atoms with Crippen LogP contribution in [0.1, 0.15) is 15.9 Å². The van der Waals surface area contributed by atoms with E-state index in [9.17, 15) is 4.79 Å². The number of amides is 1. The standard InChI is InChI=1S/C14H14BrN3O2/c1-8-5-10(16)7-17-13(8)18-14(19)9-3-4-12(20-2)11(15)6-9/h3-7H,16H2,1-2H3,(H,17,18,19). The summed E-state index contributed by atoms with van der Waals surface area (Å²) in [4.78, 5) is 16.3. The van der Waals surface area contributed by atoms with Crippen LogP contribution in [0.25, 0.3) is 0 Å². The zero-order chi connectivity index (χ0) is 14.7. The highest BCUT2D eigenvalue weighted by Crippen LogP contribution is 2.26. The molecule has 2 aromatic rings. The van der Waals surface area contributed by atoms with Gasteiger partial charge in [0.2, 0.25) is 0 Å². The van der Waals surface area contributed by atoms with E-state index < -0.39 is 0 Å². The minimum atomic E-state index is -0.242. The molecule has 0 saturated heterocycles. The highest BCUT2D eigenvalue weighted by molar-refractivity contribution is 9.10. The van der Waals surface area contributed by atoms with E-state index in [-0.39, 0.29) is 5.91 Å². The Balaban J connectivity index is 2.21. The number of anilines is 2. The van der Waals surface area contributed by atoms with E-state index in [0.29, 0.717) is 22.8 Å². The van der Waals surface area contributed by atoms with Crippen LogP contribution in [0.5, 0.6) is 5.75 Å². The second kappa shape index (κ2) is 5.92. The van der Waals surface area contributed by atoms with Crippen LogP contribution < -0.4 is 15.8 Å². The van der Waals surface area contributed by atoms with Gasteiger partial charge in [0.15, 0.2) is 0 Å². The zero-order valence-electron chi connectivity index (χ0n) is 11.1. The van der Waals surface area contributed by atoms with E-state index in [1.807, 2.05) is 6.92 Å². The molecule has 0 saturated carbocycles. The van der Waals surface area contributed by atoms with Crippen LogP contribution in [-0.4, -0.2) is 18.0 Å². The highest BCUT2D eigenvalue weighted by Gasteiger charge is 2.11. The van der Waals surface area contributed by atoms with E-state index in [1.54, 1.807) is 31.4 Å². The third-order valence-corrected chi connectivity index (χ3v) is 3.37. The molecule has 1 aromatic heterocycles. The summed E-state index contributed by atoms with van der Waals surface area (Å²) in [6.45, 7) is 1.84. The number of methoxy groups -OCH3 is 1. The number of benzene rings is 1. The SMILES string of the molecule is COc1ccc(C(=O)Nc2ncc(N)cc2C)cc1Br. The molecular formula is C14H14BrN3O2. The summed E-state index contributed by atoms with van der Waals surface area (Å²) < 4.78 is 5.84. The molecule has 5 nitrogen and oxygen atoms in total. The Kier molecular flexibility index (Phi) is 4.24. The number of hydrogen-bond donors (Lipinski definition) is 2. The maximum absolute atomic E-state index is 12.2. The van der Waals surface area contributed by atoms with Crippen molar-refractivity contribution in [2.24, 2.45) is 0 Å². The minimum Gasteiger partial charge on any atom is -0.496 e. The number of aromatic nitrogens is 1. The highest BCUT2D eigenvalue weighted by atomic mass is 79.9. The lowest BCUT2D eigenvalue weighted by Gasteiger charge is -2.09. The van der Waals surface area contributed by atoms with Crippen molar-refractivity contribution in [2.75, 3.05) is 18.2 Å². The number of nitrogens with zero attached hydrogens (tertiary/aromatic N) is 1. The van der Waals surface area contributed by atoms with Crippen molar-refractivity contribution in [1.29, 1.82) is 0 Å². The van der Waals surface area contributed by atoms with Crippen LogP contribution >= 0.6 is 15.9 Å². The Morgan fingerprint density at radius 2 is 2.15 bits per heavy atom. The van der Waals surface area contributed by atoms with Crippen LogP contribution in [-0.2, 0) is 0 Å². The molecule has 1 heterocycles. The van der Waals surface area contributed by atoms with E-state index in [1.165, 1.54) is 6.20 Å². The minimum absolute atomic E-state index is 0.242. The first kappa shape index (κ1) is 14.3.